The summed E-state index contributed by atoms with van der Waals surface area (Å²) in [7, 11) is 0. The van der Waals surface area contributed by atoms with Crippen LogP contribution in [0.5, 0.6) is 0 Å². The van der Waals surface area contributed by atoms with Gasteiger partial charge in [-0.05, 0) is 43.2 Å². The van der Waals surface area contributed by atoms with Crippen molar-refractivity contribution in [3.8, 4) is 0 Å². The molecule has 0 fully saturated rings. The fourth-order valence-corrected chi connectivity index (χ4v) is 3.79. The molecule has 4 aromatic rings. The van der Waals surface area contributed by atoms with E-state index in [1.54, 1.807) is 29.6 Å². The molecule has 140 valence electrons. The van der Waals surface area contributed by atoms with E-state index in [1.165, 1.54) is 0 Å². The van der Waals surface area contributed by atoms with E-state index in [9.17, 15) is 4.79 Å². The molecular formula is C24H18N4O. The van der Waals surface area contributed by atoms with Gasteiger partial charge in [-0.25, -0.2) is 4.99 Å². The van der Waals surface area contributed by atoms with E-state index >= 15 is 0 Å². The standard InChI is InChI=1S/C24H18N4O/c1-15-6-3-7-16(2)21(15)27-23-19-14-25-13-11-18(19)24(29)28(23)20-10-4-8-17-9-5-12-26-22(17)20/h3-14H,1-2H3. The van der Waals surface area contributed by atoms with Crippen LogP contribution in [-0.4, -0.2) is 21.7 Å². The molecule has 2 aromatic carbocycles. The Labute approximate surface area is 168 Å². The lowest BCUT2D eigenvalue weighted by Gasteiger charge is -2.19. The number of carbonyl (C=O) groups is 1. The van der Waals surface area contributed by atoms with Crippen LogP contribution in [0.25, 0.3) is 10.9 Å². The van der Waals surface area contributed by atoms with Crippen molar-refractivity contribution in [2.75, 3.05) is 4.90 Å². The smallest absolute Gasteiger partial charge is 0.264 e. The molecule has 0 atom stereocenters. The summed E-state index contributed by atoms with van der Waals surface area (Å²) in [5, 5.41) is 0.971. The number of fused-ring (bicyclic) bond motifs is 2. The maximum atomic E-state index is 13.4. The molecule has 0 bridgehead atoms. The molecule has 0 saturated carbocycles. The van der Waals surface area contributed by atoms with Gasteiger partial charge in [-0.15, -0.1) is 0 Å². The lowest BCUT2D eigenvalue weighted by atomic mass is 10.1. The number of aliphatic imine (C=N–C) groups is 1. The molecule has 0 saturated heterocycles. The fraction of sp³-hybridized carbons (Fsp3) is 0.0833. The third-order valence-corrected chi connectivity index (χ3v) is 5.22. The summed E-state index contributed by atoms with van der Waals surface area (Å²) in [6.07, 6.45) is 5.08. The van der Waals surface area contributed by atoms with Crippen LogP contribution >= 0.6 is 0 Å². The van der Waals surface area contributed by atoms with Crippen molar-refractivity contribution in [1.29, 1.82) is 0 Å². The highest BCUT2D eigenvalue weighted by Crippen LogP contribution is 2.35. The number of nitrogens with zero attached hydrogens (tertiary/aromatic N) is 4. The molecule has 1 aliphatic heterocycles. The zero-order valence-corrected chi connectivity index (χ0v) is 16.1. The van der Waals surface area contributed by atoms with Gasteiger partial charge in [0.1, 0.15) is 0 Å². The number of carbonyl (C=O) groups excluding carboxylic acids is 1. The van der Waals surface area contributed by atoms with E-state index < -0.39 is 0 Å². The normalized spacial score (nSPS) is 14.6. The molecule has 5 rings (SSSR count). The van der Waals surface area contributed by atoms with Gasteiger partial charge in [0.25, 0.3) is 5.91 Å². The van der Waals surface area contributed by atoms with Crippen molar-refractivity contribution in [3.05, 3.63) is 95.4 Å². The Kier molecular flexibility index (Phi) is 3.95. The predicted molar refractivity (Wildman–Crippen MR) is 115 cm³/mol. The van der Waals surface area contributed by atoms with E-state index in [4.69, 9.17) is 4.99 Å². The summed E-state index contributed by atoms with van der Waals surface area (Å²) >= 11 is 0. The zero-order chi connectivity index (χ0) is 20.0. The van der Waals surface area contributed by atoms with Crippen LogP contribution in [0, 0.1) is 13.8 Å². The second kappa shape index (κ2) is 6.63. The number of hydrogen-bond acceptors (Lipinski definition) is 4. The molecular weight excluding hydrogens is 360 g/mol. The Hall–Kier alpha value is -3.86. The van der Waals surface area contributed by atoms with Crippen molar-refractivity contribution in [2.24, 2.45) is 4.99 Å². The number of aromatic nitrogens is 2. The van der Waals surface area contributed by atoms with E-state index in [2.05, 4.69) is 9.97 Å². The lowest BCUT2D eigenvalue weighted by Crippen LogP contribution is -2.30. The van der Waals surface area contributed by atoms with Gasteiger partial charge >= 0.3 is 0 Å². The average Bonchev–Trinajstić information content (AvgIpc) is 3.02. The molecule has 0 aliphatic carbocycles. The molecule has 5 nitrogen and oxygen atoms in total. The van der Waals surface area contributed by atoms with Crippen molar-refractivity contribution < 1.29 is 4.79 Å². The highest BCUT2D eigenvalue weighted by Gasteiger charge is 2.36. The number of benzene rings is 2. The van der Waals surface area contributed by atoms with Gasteiger partial charge in [-0.2, -0.15) is 0 Å². The average molecular weight is 378 g/mol. The first kappa shape index (κ1) is 17.3. The number of amidine groups is 1. The van der Waals surface area contributed by atoms with Crippen LogP contribution in [0.2, 0.25) is 0 Å². The van der Waals surface area contributed by atoms with Gasteiger partial charge in [0.2, 0.25) is 0 Å². The summed E-state index contributed by atoms with van der Waals surface area (Å²) in [6, 6.07) is 17.5. The van der Waals surface area contributed by atoms with Gasteiger partial charge in [-0.3, -0.25) is 19.7 Å². The molecule has 2 aromatic heterocycles. The summed E-state index contributed by atoms with van der Waals surface area (Å²) in [5.74, 6) is 0.458. The Balaban J connectivity index is 1.80. The van der Waals surface area contributed by atoms with Gasteiger partial charge < -0.3 is 0 Å². The van der Waals surface area contributed by atoms with Crippen LogP contribution in [0.4, 0.5) is 11.4 Å². The summed E-state index contributed by atoms with van der Waals surface area (Å²) in [5.41, 5.74) is 5.78. The minimum atomic E-state index is -0.120. The number of para-hydroxylation sites is 2. The van der Waals surface area contributed by atoms with E-state index in [1.807, 2.05) is 62.4 Å². The summed E-state index contributed by atoms with van der Waals surface area (Å²) in [6.45, 7) is 4.05. The highest BCUT2D eigenvalue weighted by molar-refractivity contribution is 6.37. The Morgan fingerprint density at radius 2 is 1.62 bits per heavy atom. The first-order chi connectivity index (χ1) is 14.1. The largest absolute Gasteiger partial charge is 0.268 e. The van der Waals surface area contributed by atoms with Gasteiger partial charge in [-0.1, -0.05) is 36.4 Å². The second-order valence-electron chi connectivity index (χ2n) is 7.09. The van der Waals surface area contributed by atoms with Crippen LogP contribution in [-0.2, 0) is 0 Å². The first-order valence-electron chi connectivity index (χ1n) is 9.42. The predicted octanol–water partition coefficient (Wildman–Crippen LogP) is 4.99. The molecule has 3 heterocycles. The monoisotopic (exact) mass is 378 g/mol. The van der Waals surface area contributed by atoms with Crippen LogP contribution in [0.3, 0.4) is 0 Å². The molecule has 29 heavy (non-hydrogen) atoms. The fourth-order valence-electron chi connectivity index (χ4n) is 3.79. The molecule has 0 unspecified atom stereocenters. The Morgan fingerprint density at radius 1 is 0.862 bits per heavy atom. The topological polar surface area (TPSA) is 58.5 Å². The van der Waals surface area contributed by atoms with E-state index in [0.717, 1.165) is 33.3 Å². The van der Waals surface area contributed by atoms with Crippen LogP contribution in [0.15, 0.2) is 78.2 Å². The number of anilines is 1. The number of pyridine rings is 2. The zero-order valence-electron chi connectivity index (χ0n) is 16.1. The SMILES string of the molecule is Cc1cccc(C)c1N=C1c2cnccc2C(=O)N1c1cccc2cccnc12. The highest BCUT2D eigenvalue weighted by atomic mass is 16.2. The van der Waals surface area contributed by atoms with Crippen LogP contribution in [0.1, 0.15) is 27.0 Å². The molecule has 0 spiro atoms. The number of aryl methyl sites for hydroxylation is 2. The molecule has 0 N–H and O–H groups in total. The Bertz CT molecular complexity index is 1280. The molecule has 1 aliphatic rings. The molecule has 0 radical (unpaired) electrons. The van der Waals surface area contributed by atoms with Gasteiger partial charge in [0.05, 0.1) is 22.5 Å². The lowest BCUT2D eigenvalue weighted by molar-refractivity contribution is 0.101. The number of rotatable bonds is 2. The minimum Gasteiger partial charge on any atom is -0.268 e. The summed E-state index contributed by atoms with van der Waals surface area (Å²) < 4.78 is 0. The third-order valence-electron chi connectivity index (χ3n) is 5.22. The minimum absolute atomic E-state index is 0.120. The first-order valence-corrected chi connectivity index (χ1v) is 9.42. The van der Waals surface area contributed by atoms with Gasteiger partial charge in [0.15, 0.2) is 5.84 Å². The van der Waals surface area contributed by atoms with Crippen molar-refractivity contribution >= 4 is 34.0 Å². The quantitative estimate of drug-likeness (QED) is 0.494. The maximum absolute atomic E-state index is 13.4. The van der Waals surface area contributed by atoms with E-state index in [0.29, 0.717) is 17.1 Å². The maximum Gasteiger partial charge on any atom is 0.264 e. The van der Waals surface area contributed by atoms with Crippen LogP contribution < -0.4 is 4.90 Å². The number of amides is 1. The van der Waals surface area contributed by atoms with Crippen molar-refractivity contribution in [3.63, 3.8) is 0 Å². The van der Waals surface area contributed by atoms with E-state index in [-0.39, 0.29) is 5.91 Å². The summed E-state index contributed by atoms with van der Waals surface area (Å²) in [4.78, 5) is 28.8. The molecule has 1 amide bonds. The Morgan fingerprint density at radius 3 is 2.45 bits per heavy atom. The second-order valence-corrected chi connectivity index (χ2v) is 7.09. The van der Waals surface area contributed by atoms with Gasteiger partial charge in [0, 0.05) is 29.5 Å². The van der Waals surface area contributed by atoms with Crippen molar-refractivity contribution in [1.82, 2.24) is 9.97 Å². The van der Waals surface area contributed by atoms with Crippen molar-refractivity contribution in [2.45, 2.75) is 13.8 Å². The third kappa shape index (κ3) is 2.70. The number of hydrogen-bond donors (Lipinski definition) is 0. The molecule has 5 heteroatoms.